The lowest BCUT2D eigenvalue weighted by molar-refractivity contribution is -0.160. The van der Waals surface area contributed by atoms with Crippen LogP contribution in [0, 0.1) is 11.8 Å². The summed E-state index contributed by atoms with van der Waals surface area (Å²) in [4.78, 5) is 11.0. The summed E-state index contributed by atoms with van der Waals surface area (Å²) in [5.41, 5.74) is 0. The Balaban J connectivity index is 2.15. The normalized spacial score (nSPS) is 25.4. The van der Waals surface area contributed by atoms with E-state index in [0.29, 0.717) is 18.4 Å². The summed E-state index contributed by atoms with van der Waals surface area (Å²) < 4.78 is 39.3. The molecule has 0 aromatic heterocycles. The Morgan fingerprint density at radius 1 is 1.41 bits per heavy atom. The first-order valence-electron chi connectivity index (χ1n) is 5.84. The van der Waals surface area contributed by atoms with Crippen molar-refractivity contribution in [2.45, 2.75) is 38.8 Å². The third-order valence-corrected chi connectivity index (χ3v) is 2.95. The van der Waals surface area contributed by atoms with Gasteiger partial charge in [-0.15, -0.1) is 0 Å². The molecule has 0 aliphatic heterocycles. The fraction of sp³-hybridized carbons (Fsp3) is 0.909. The molecule has 0 saturated heterocycles. The molecule has 1 fully saturated rings. The molecule has 0 aromatic carbocycles. The highest BCUT2D eigenvalue weighted by Gasteiger charge is 2.29. The van der Waals surface area contributed by atoms with Gasteiger partial charge in [0.1, 0.15) is 0 Å². The maximum absolute atomic E-state index is 11.8. The molecule has 0 radical (unpaired) electrons. The van der Waals surface area contributed by atoms with Gasteiger partial charge in [0.2, 0.25) is 0 Å². The zero-order valence-electron chi connectivity index (χ0n) is 9.85. The van der Waals surface area contributed by atoms with Crippen LogP contribution >= 0.6 is 0 Å². The minimum absolute atomic E-state index is 0.359. The molecule has 0 heterocycles. The number of hydrogen-bond donors (Lipinski definition) is 1. The molecule has 0 bridgehead atoms. The summed E-state index contributed by atoms with van der Waals surface area (Å²) in [6.45, 7) is 1.02. The predicted molar refractivity (Wildman–Crippen MR) is 56.5 cm³/mol. The fourth-order valence-electron chi connectivity index (χ4n) is 2.17. The van der Waals surface area contributed by atoms with Crippen LogP contribution < -0.4 is 5.32 Å². The van der Waals surface area contributed by atoms with Crippen molar-refractivity contribution < 1.29 is 22.7 Å². The van der Waals surface area contributed by atoms with Crippen LogP contribution in [0.25, 0.3) is 0 Å². The minimum atomic E-state index is -4.46. The number of carbonyl (C=O) groups excluding carboxylic acids is 1. The Hall–Kier alpha value is -0.940. The number of hydrogen-bond acceptors (Lipinski definition) is 2. The minimum Gasteiger partial charge on any atom is -0.440 e. The van der Waals surface area contributed by atoms with Gasteiger partial charge in [-0.2, -0.15) is 13.2 Å². The number of halogens is 3. The highest BCUT2D eigenvalue weighted by Crippen LogP contribution is 2.27. The number of nitrogens with one attached hydrogen (secondary N) is 1. The summed E-state index contributed by atoms with van der Waals surface area (Å²) in [5.74, 6) is 0.985. The van der Waals surface area contributed by atoms with Crippen molar-refractivity contribution in [3.05, 3.63) is 0 Å². The van der Waals surface area contributed by atoms with Crippen molar-refractivity contribution >= 4 is 6.09 Å². The summed E-state index contributed by atoms with van der Waals surface area (Å²) in [5, 5.41) is 2.38. The molecule has 1 aliphatic rings. The first-order valence-corrected chi connectivity index (χ1v) is 5.84. The summed E-state index contributed by atoms with van der Waals surface area (Å²) in [6.07, 6.45) is -1.11. The van der Waals surface area contributed by atoms with E-state index in [1.54, 1.807) is 0 Å². The van der Waals surface area contributed by atoms with E-state index in [0.717, 1.165) is 19.3 Å². The topological polar surface area (TPSA) is 38.3 Å². The van der Waals surface area contributed by atoms with E-state index >= 15 is 0 Å². The van der Waals surface area contributed by atoms with Gasteiger partial charge in [0.25, 0.3) is 0 Å². The Bertz CT molecular complexity index is 256. The molecule has 17 heavy (non-hydrogen) atoms. The lowest BCUT2D eigenvalue weighted by Crippen LogP contribution is -2.33. The van der Waals surface area contributed by atoms with E-state index in [-0.39, 0.29) is 0 Å². The van der Waals surface area contributed by atoms with Crippen molar-refractivity contribution in [2.75, 3.05) is 13.2 Å². The third-order valence-electron chi connectivity index (χ3n) is 2.95. The summed E-state index contributed by atoms with van der Waals surface area (Å²) in [6, 6.07) is 0. The maximum Gasteiger partial charge on any atom is 0.422 e. The number of ether oxygens (including phenoxy) is 1. The molecule has 1 aliphatic carbocycles. The second-order valence-corrected chi connectivity index (χ2v) is 4.71. The van der Waals surface area contributed by atoms with Crippen LogP contribution in [0.2, 0.25) is 0 Å². The van der Waals surface area contributed by atoms with Crippen LogP contribution in [0.5, 0.6) is 0 Å². The molecule has 6 heteroatoms. The van der Waals surface area contributed by atoms with Crippen LogP contribution in [0.4, 0.5) is 18.0 Å². The van der Waals surface area contributed by atoms with Crippen molar-refractivity contribution in [1.29, 1.82) is 0 Å². The van der Waals surface area contributed by atoms with Crippen LogP contribution in [0.15, 0.2) is 0 Å². The van der Waals surface area contributed by atoms with Crippen LogP contribution in [0.3, 0.4) is 0 Å². The van der Waals surface area contributed by atoms with Gasteiger partial charge in [-0.3, -0.25) is 0 Å². The van der Waals surface area contributed by atoms with E-state index in [4.69, 9.17) is 0 Å². The smallest absolute Gasteiger partial charge is 0.422 e. The molecule has 2 atom stereocenters. The Kier molecular flexibility index (Phi) is 5.08. The van der Waals surface area contributed by atoms with Gasteiger partial charge >= 0.3 is 12.3 Å². The summed E-state index contributed by atoms with van der Waals surface area (Å²) in [7, 11) is 0. The lowest BCUT2D eigenvalue weighted by Gasteiger charge is -2.26. The zero-order chi connectivity index (χ0) is 12.9. The first-order chi connectivity index (χ1) is 7.87. The van der Waals surface area contributed by atoms with Crippen molar-refractivity contribution in [3.8, 4) is 0 Å². The molecule has 3 nitrogen and oxygen atoms in total. The number of amides is 1. The van der Waals surface area contributed by atoms with Crippen molar-refractivity contribution in [3.63, 3.8) is 0 Å². The molecule has 0 spiro atoms. The highest BCUT2D eigenvalue weighted by molar-refractivity contribution is 5.67. The second kappa shape index (κ2) is 6.12. The van der Waals surface area contributed by atoms with Gasteiger partial charge in [0, 0.05) is 6.54 Å². The monoisotopic (exact) mass is 253 g/mol. The van der Waals surface area contributed by atoms with Gasteiger partial charge in [0.15, 0.2) is 6.61 Å². The van der Waals surface area contributed by atoms with Crippen molar-refractivity contribution in [2.24, 2.45) is 11.8 Å². The third kappa shape index (κ3) is 6.38. The Morgan fingerprint density at radius 2 is 2.12 bits per heavy atom. The predicted octanol–water partition coefficient (Wildman–Crippen LogP) is 3.10. The summed E-state index contributed by atoms with van der Waals surface area (Å²) >= 11 is 0. The van der Waals surface area contributed by atoms with Crippen molar-refractivity contribution in [1.82, 2.24) is 5.32 Å². The van der Waals surface area contributed by atoms with Gasteiger partial charge in [-0.05, 0) is 24.7 Å². The van der Waals surface area contributed by atoms with Crippen LogP contribution in [-0.2, 0) is 4.74 Å². The number of carbonyl (C=O) groups is 1. The molecule has 1 N–H and O–H groups in total. The Labute approximate surface area is 98.7 Å². The van der Waals surface area contributed by atoms with Crippen LogP contribution in [0.1, 0.15) is 32.6 Å². The molecular formula is C11H18F3NO2. The molecule has 2 unspecified atom stereocenters. The zero-order valence-corrected chi connectivity index (χ0v) is 9.85. The number of alkyl halides is 3. The van der Waals surface area contributed by atoms with E-state index in [9.17, 15) is 18.0 Å². The molecule has 0 aromatic rings. The molecule has 1 amide bonds. The van der Waals surface area contributed by atoms with Crippen LogP contribution in [-0.4, -0.2) is 25.4 Å². The van der Waals surface area contributed by atoms with E-state index < -0.39 is 18.9 Å². The first kappa shape index (κ1) is 14.1. The van der Waals surface area contributed by atoms with Gasteiger partial charge < -0.3 is 10.1 Å². The van der Waals surface area contributed by atoms with Gasteiger partial charge in [-0.25, -0.2) is 4.79 Å². The highest BCUT2D eigenvalue weighted by atomic mass is 19.4. The van der Waals surface area contributed by atoms with E-state index in [1.807, 2.05) is 0 Å². The average molecular weight is 253 g/mol. The average Bonchev–Trinajstić information content (AvgIpc) is 2.23. The van der Waals surface area contributed by atoms with Gasteiger partial charge in [-0.1, -0.05) is 19.8 Å². The lowest BCUT2D eigenvalue weighted by atomic mass is 9.82. The van der Waals surface area contributed by atoms with E-state index in [1.165, 1.54) is 6.42 Å². The second-order valence-electron chi connectivity index (χ2n) is 4.71. The Morgan fingerprint density at radius 3 is 2.71 bits per heavy atom. The quantitative estimate of drug-likeness (QED) is 0.839. The standard InChI is InChI=1S/C11H18F3NO2/c1-8-3-2-4-9(5-8)6-15-10(16)17-7-11(12,13)14/h8-9H,2-7H2,1H3,(H,15,16). The number of alkyl carbamates (subject to hydrolysis) is 1. The van der Waals surface area contributed by atoms with Gasteiger partial charge in [0.05, 0.1) is 0 Å². The SMILES string of the molecule is CC1CCCC(CNC(=O)OCC(F)(F)F)C1. The molecule has 1 saturated carbocycles. The fourth-order valence-corrected chi connectivity index (χ4v) is 2.17. The number of rotatable bonds is 3. The van der Waals surface area contributed by atoms with E-state index in [2.05, 4.69) is 17.0 Å². The molecule has 1 rings (SSSR count). The molecule has 100 valence electrons. The molecular weight excluding hydrogens is 235 g/mol. The largest absolute Gasteiger partial charge is 0.440 e. The maximum atomic E-state index is 11.8.